The van der Waals surface area contributed by atoms with Crippen LogP contribution in [-0.4, -0.2) is 48.6 Å². The molecule has 2 fully saturated rings. The summed E-state index contributed by atoms with van der Waals surface area (Å²) in [5.41, 5.74) is 0. The highest BCUT2D eigenvalue weighted by molar-refractivity contribution is 8.00. The molecule has 2 nitrogen and oxygen atoms in total. The van der Waals surface area contributed by atoms with Crippen LogP contribution >= 0.6 is 11.8 Å². The molecule has 2 rings (SSSR count). The first-order valence-electron chi connectivity index (χ1n) is 5.39. The molecule has 0 saturated carbocycles. The van der Waals surface area contributed by atoms with Crippen LogP contribution in [0.4, 0.5) is 0 Å². The van der Waals surface area contributed by atoms with E-state index in [0.29, 0.717) is 0 Å². The molecule has 0 spiro atoms. The molecule has 0 radical (unpaired) electrons. The van der Waals surface area contributed by atoms with Crippen LogP contribution in [0, 0.1) is 0 Å². The second-order valence-electron chi connectivity index (χ2n) is 4.17. The number of likely N-dealkylation sites (tertiary alicyclic amines) is 1. The Labute approximate surface area is 85.4 Å². The van der Waals surface area contributed by atoms with Crippen molar-refractivity contribution in [1.29, 1.82) is 0 Å². The number of thioether (sulfide) groups is 1. The summed E-state index contributed by atoms with van der Waals surface area (Å²) in [6, 6.07) is 0.756. The standard InChI is InChI=1S/C10H20N2S/c1-11-9-4-5-12(7-9)8-10-3-2-6-13-10/h9-11H,2-8H2,1H3. The lowest BCUT2D eigenvalue weighted by Crippen LogP contribution is -2.32. The first-order chi connectivity index (χ1) is 6.38. The smallest absolute Gasteiger partial charge is 0.0204 e. The van der Waals surface area contributed by atoms with Crippen LogP contribution in [0.3, 0.4) is 0 Å². The second kappa shape index (κ2) is 4.67. The Morgan fingerprint density at radius 2 is 2.38 bits per heavy atom. The van der Waals surface area contributed by atoms with Crippen molar-refractivity contribution in [2.75, 3.05) is 32.4 Å². The molecule has 0 bridgehead atoms. The maximum atomic E-state index is 3.37. The normalized spacial score (nSPS) is 35.8. The molecule has 0 aromatic carbocycles. The molecule has 2 aliphatic heterocycles. The van der Waals surface area contributed by atoms with E-state index in [1.54, 1.807) is 0 Å². The van der Waals surface area contributed by atoms with Gasteiger partial charge in [-0.05, 0) is 38.6 Å². The molecular weight excluding hydrogens is 180 g/mol. The molecule has 0 aromatic heterocycles. The second-order valence-corrected chi connectivity index (χ2v) is 5.58. The van der Waals surface area contributed by atoms with E-state index in [0.717, 1.165) is 11.3 Å². The molecule has 13 heavy (non-hydrogen) atoms. The minimum Gasteiger partial charge on any atom is -0.316 e. The fourth-order valence-electron chi connectivity index (χ4n) is 2.31. The molecule has 2 aliphatic rings. The Hall–Kier alpha value is 0.270. The van der Waals surface area contributed by atoms with E-state index in [4.69, 9.17) is 0 Å². The zero-order chi connectivity index (χ0) is 9.10. The summed E-state index contributed by atoms with van der Waals surface area (Å²) < 4.78 is 0. The molecule has 1 N–H and O–H groups in total. The van der Waals surface area contributed by atoms with E-state index in [2.05, 4.69) is 29.0 Å². The van der Waals surface area contributed by atoms with E-state index < -0.39 is 0 Å². The van der Waals surface area contributed by atoms with Crippen molar-refractivity contribution in [1.82, 2.24) is 10.2 Å². The molecule has 0 aliphatic carbocycles. The van der Waals surface area contributed by atoms with Gasteiger partial charge in [-0.1, -0.05) is 0 Å². The van der Waals surface area contributed by atoms with Gasteiger partial charge in [0.2, 0.25) is 0 Å². The van der Waals surface area contributed by atoms with Gasteiger partial charge >= 0.3 is 0 Å². The first-order valence-corrected chi connectivity index (χ1v) is 6.44. The Kier molecular flexibility index (Phi) is 3.52. The van der Waals surface area contributed by atoms with Gasteiger partial charge in [0.05, 0.1) is 0 Å². The highest BCUT2D eigenvalue weighted by Gasteiger charge is 2.25. The quantitative estimate of drug-likeness (QED) is 0.736. The van der Waals surface area contributed by atoms with Crippen LogP contribution in [0.25, 0.3) is 0 Å². The molecule has 2 saturated heterocycles. The summed E-state index contributed by atoms with van der Waals surface area (Å²) in [7, 11) is 2.08. The van der Waals surface area contributed by atoms with Gasteiger partial charge in [0, 0.05) is 24.4 Å². The molecule has 2 unspecified atom stereocenters. The van der Waals surface area contributed by atoms with Crippen LogP contribution in [0.1, 0.15) is 19.3 Å². The highest BCUT2D eigenvalue weighted by Crippen LogP contribution is 2.27. The van der Waals surface area contributed by atoms with Crippen LogP contribution in [0.5, 0.6) is 0 Å². The number of hydrogen-bond acceptors (Lipinski definition) is 3. The minimum absolute atomic E-state index is 0.756. The van der Waals surface area contributed by atoms with Gasteiger partial charge in [0.25, 0.3) is 0 Å². The highest BCUT2D eigenvalue weighted by atomic mass is 32.2. The number of rotatable bonds is 3. The van der Waals surface area contributed by atoms with Crippen molar-refractivity contribution in [3.63, 3.8) is 0 Å². The Morgan fingerprint density at radius 1 is 1.46 bits per heavy atom. The summed E-state index contributed by atoms with van der Waals surface area (Å²) in [6.45, 7) is 3.92. The Bertz CT molecular complexity index is 157. The van der Waals surface area contributed by atoms with E-state index in [-0.39, 0.29) is 0 Å². The van der Waals surface area contributed by atoms with Gasteiger partial charge in [-0.25, -0.2) is 0 Å². The Balaban J connectivity index is 1.70. The average molecular weight is 200 g/mol. The molecule has 0 aromatic rings. The Morgan fingerprint density at radius 3 is 3.00 bits per heavy atom. The average Bonchev–Trinajstić information content (AvgIpc) is 2.76. The molecule has 2 atom stereocenters. The predicted octanol–water partition coefficient (Wildman–Crippen LogP) is 1.18. The molecule has 76 valence electrons. The van der Waals surface area contributed by atoms with Gasteiger partial charge in [-0.3, -0.25) is 0 Å². The number of nitrogens with zero attached hydrogens (tertiary/aromatic N) is 1. The van der Waals surface area contributed by atoms with Crippen molar-refractivity contribution >= 4 is 11.8 Å². The summed E-state index contributed by atoms with van der Waals surface area (Å²) in [5.74, 6) is 1.40. The third kappa shape index (κ3) is 2.61. The van der Waals surface area contributed by atoms with Crippen molar-refractivity contribution in [3.05, 3.63) is 0 Å². The zero-order valence-corrected chi connectivity index (χ0v) is 9.28. The van der Waals surface area contributed by atoms with Gasteiger partial charge in [0.15, 0.2) is 0 Å². The van der Waals surface area contributed by atoms with Crippen LogP contribution in [0.2, 0.25) is 0 Å². The molecule has 3 heteroatoms. The van der Waals surface area contributed by atoms with E-state index in [9.17, 15) is 0 Å². The number of hydrogen-bond donors (Lipinski definition) is 1. The molecule has 2 heterocycles. The van der Waals surface area contributed by atoms with Gasteiger partial charge < -0.3 is 10.2 Å². The van der Waals surface area contributed by atoms with Gasteiger partial charge in [-0.2, -0.15) is 11.8 Å². The topological polar surface area (TPSA) is 15.3 Å². The van der Waals surface area contributed by atoms with Crippen LogP contribution < -0.4 is 5.32 Å². The summed E-state index contributed by atoms with van der Waals surface area (Å²) >= 11 is 2.18. The van der Waals surface area contributed by atoms with E-state index in [1.807, 2.05) is 0 Å². The van der Waals surface area contributed by atoms with Crippen molar-refractivity contribution in [2.24, 2.45) is 0 Å². The molecule has 0 amide bonds. The van der Waals surface area contributed by atoms with Gasteiger partial charge in [-0.15, -0.1) is 0 Å². The SMILES string of the molecule is CNC1CCN(CC2CCCS2)C1. The maximum absolute atomic E-state index is 3.37. The lowest BCUT2D eigenvalue weighted by molar-refractivity contribution is 0.328. The van der Waals surface area contributed by atoms with E-state index >= 15 is 0 Å². The zero-order valence-electron chi connectivity index (χ0n) is 8.46. The van der Waals surface area contributed by atoms with Crippen molar-refractivity contribution in [2.45, 2.75) is 30.6 Å². The first kappa shape index (κ1) is 9.81. The van der Waals surface area contributed by atoms with Crippen molar-refractivity contribution < 1.29 is 0 Å². The minimum atomic E-state index is 0.756. The fraction of sp³-hybridized carbons (Fsp3) is 1.00. The third-order valence-corrected chi connectivity index (χ3v) is 4.55. The van der Waals surface area contributed by atoms with E-state index in [1.165, 1.54) is 44.6 Å². The fourth-order valence-corrected chi connectivity index (χ4v) is 3.63. The maximum Gasteiger partial charge on any atom is 0.0204 e. The monoisotopic (exact) mass is 200 g/mol. The number of nitrogens with one attached hydrogen (secondary N) is 1. The third-order valence-electron chi connectivity index (χ3n) is 3.17. The van der Waals surface area contributed by atoms with Gasteiger partial charge in [0.1, 0.15) is 0 Å². The summed E-state index contributed by atoms with van der Waals surface area (Å²) in [6.07, 6.45) is 4.23. The van der Waals surface area contributed by atoms with Crippen molar-refractivity contribution in [3.8, 4) is 0 Å². The number of likely N-dealkylation sites (N-methyl/N-ethyl adjacent to an activating group) is 1. The lowest BCUT2D eigenvalue weighted by atomic mass is 10.2. The summed E-state index contributed by atoms with van der Waals surface area (Å²) in [5, 5.41) is 4.31. The molecular formula is C10H20N2S. The predicted molar refractivity (Wildman–Crippen MR) is 59.4 cm³/mol. The van der Waals surface area contributed by atoms with Crippen LogP contribution in [-0.2, 0) is 0 Å². The lowest BCUT2D eigenvalue weighted by Gasteiger charge is -2.19. The largest absolute Gasteiger partial charge is 0.316 e. The summed E-state index contributed by atoms with van der Waals surface area (Å²) in [4.78, 5) is 2.63. The van der Waals surface area contributed by atoms with Crippen LogP contribution in [0.15, 0.2) is 0 Å².